The molecule has 1 N–H and O–H groups in total. The zero-order valence-corrected chi connectivity index (χ0v) is 13.7. The number of nitrogens with zero attached hydrogens (tertiary/aromatic N) is 1. The van der Waals surface area contributed by atoms with Crippen molar-refractivity contribution in [2.45, 2.75) is 18.3 Å². The highest BCUT2D eigenvalue weighted by Gasteiger charge is 2.54. The van der Waals surface area contributed by atoms with Crippen LogP contribution in [0.1, 0.15) is 18.4 Å². The van der Waals surface area contributed by atoms with Gasteiger partial charge in [0.2, 0.25) is 5.91 Å². The Morgan fingerprint density at radius 2 is 1.80 bits per heavy atom. The van der Waals surface area contributed by atoms with E-state index in [0.717, 1.165) is 0 Å². The highest BCUT2D eigenvalue weighted by Crippen LogP contribution is 2.50. The third-order valence-corrected chi connectivity index (χ3v) is 4.44. The predicted octanol–water partition coefficient (Wildman–Crippen LogP) is 2.98. The summed E-state index contributed by atoms with van der Waals surface area (Å²) in [6.07, 6.45) is 1.24. The molecule has 3 rings (SSSR count). The summed E-state index contributed by atoms with van der Waals surface area (Å²) in [6.45, 7) is -0.426. The molecular formula is C19H18FNO4. The molecular weight excluding hydrogens is 325 g/mol. The summed E-state index contributed by atoms with van der Waals surface area (Å²) in [4.78, 5) is 24.9. The van der Waals surface area contributed by atoms with Crippen LogP contribution in [0.5, 0.6) is 5.75 Å². The number of amides is 1. The van der Waals surface area contributed by atoms with Crippen molar-refractivity contribution < 1.29 is 23.8 Å². The van der Waals surface area contributed by atoms with Gasteiger partial charge in [0, 0.05) is 18.3 Å². The van der Waals surface area contributed by atoms with Gasteiger partial charge in [-0.15, -0.1) is 0 Å². The fourth-order valence-corrected chi connectivity index (χ4v) is 2.92. The maximum absolute atomic E-state index is 14.1. The SMILES string of the molecule is CN(C(=O)C1(c2ccccc2F)CC1)c1ccc(OCC(=O)O)cc1. The van der Waals surface area contributed by atoms with E-state index in [1.807, 2.05) is 0 Å². The van der Waals surface area contributed by atoms with E-state index in [-0.39, 0.29) is 11.7 Å². The first-order valence-electron chi connectivity index (χ1n) is 7.92. The van der Waals surface area contributed by atoms with E-state index in [1.54, 1.807) is 49.5 Å². The van der Waals surface area contributed by atoms with Crippen molar-refractivity contribution in [3.8, 4) is 5.75 Å². The van der Waals surface area contributed by atoms with Gasteiger partial charge >= 0.3 is 5.97 Å². The lowest BCUT2D eigenvalue weighted by molar-refractivity contribution is -0.139. The maximum Gasteiger partial charge on any atom is 0.341 e. The summed E-state index contributed by atoms with van der Waals surface area (Å²) in [5, 5.41) is 8.61. The van der Waals surface area contributed by atoms with Crippen LogP contribution in [0.3, 0.4) is 0 Å². The van der Waals surface area contributed by atoms with E-state index in [4.69, 9.17) is 9.84 Å². The topological polar surface area (TPSA) is 66.8 Å². The van der Waals surface area contributed by atoms with Crippen molar-refractivity contribution in [3.63, 3.8) is 0 Å². The lowest BCUT2D eigenvalue weighted by Gasteiger charge is -2.24. The zero-order chi connectivity index (χ0) is 18.0. The number of carboxylic acid groups (broad SMARTS) is 1. The molecule has 130 valence electrons. The molecule has 1 amide bonds. The second-order valence-electron chi connectivity index (χ2n) is 6.10. The molecule has 1 fully saturated rings. The monoisotopic (exact) mass is 343 g/mol. The van der Waals surface area contributed by atoms with E-state index >= 15 is 0 Å². The Kier molecular flexibility index (Phi) is 4.44. The molecule has 25 heavy (non-hydrogen) atoms. The number of anilines is 1. The van der Waals surface area contributed by atoms with E-state index in [0.29, 0.717) is 29.8 Å². The molecule has 0 bridgehead atoms. The molecule has 0 heterocycles. The van der Waals surface area contributed by atoms with Crippen LogP contribution < -0.4 is 9.64 Å². The molecule has 0 saturated heterocycles. The lowest BCUT2D eigenvalue weighted by atomic mass is 9.93. The number of ether oxygens (including phenoxy) is 1. The summed E-state index contributed by atoms with van der Waals surface area (Å²) in [6, 6.07) is 12.9. The number of likely N-dealkylation sites (N-methyl/N-ethyl adjacent to an activating group) is 1. The van der Waals surface area contributed by atoms with Gasteiger partial charge < -0.3 is 14.7 Å². The molecule has 2 aromatic rings. The number of carboxylic acids is 1. The summed E-state index contributed by atoms with van der Waals surface area (Å²) in [5.74, 6) is -1.17. The third-order valence-electron chi connectivity index (χ3n) is 4.44. The number of rotatable bonds is 6. The van der Waals surface area contributed by atoms with E-state index in [2.05, 4.69) is 0 Å². The first kappa shape index (κ1) is 17.0. The van der Waals surface area contributed by atoms with Crippen LogP contribution in [0, 0.1) is 5.82 Å². The standard InChI is InChI=1S/C19H18FNO4/c1-21(13-6-8-14(9-7-13)25-12-17(22)23)18(24)19(10-11-19)15-4-2-3-5-16(15)20/h2-9H,10-12H2,1H3,(H,22,23). The van der Waals surface area contributed by atoms with Gasteiger partial charge in [-0.25, -0.2) is 9.18 Å². The minimum absolute atomic E-state index is 0.156. The summed E-state index contributed by atoms with van der Waals surface area (Å²) >= 11 is 0. The fraction of sp³-hybridized carbons (Fsp3) is 0.263. The molecule has 0 atom stereocenters. The Hall–Kier alpha value is -2.89. The van der Waals surface area contributed by atoms with Crippen LogP contribution >= 0.6 is 0 Å². The van der Waals surface area contributed by atoms with Gasteiger partial charge in [0.05, 0.1) is 5.41 Å². The summed E-state index contributed by atoms with van der Waals surface area (Å²) in [7, 11) is 1.65. The van der Waals surface area contributed by atoms with Gasteiger partial charge in [0.25, 0.3) is 0 Å². The van der Waals surface area contributed by atoms with Crippen LogP contribution in [0.2, 0.25) is 0 Å². The molecule has 0 unspecified atom stereocenters. The number of halogens is 1. The Morgan fingerprint density at radius 1 is 1.16 bits per heavy atom. The van der Waals surface area contributed by atoms with E-state index in [9.17, 15) is 14.0 Å². The van der Waals surface area contributed by atoms with Gasteiger partial charge in [-0.2, -0.15) is 0 Å². The quantitative estimate of drug-likeness (QED) is 0.876. The van der Waals surface area contributed by atoms with Gasteiger partial charge in [0.15, 0.2) is 6.61 Å². The first-order chi connectivity index (χ1) is 11.9. The highest BCUT2D eigenvalue weighted by molar-refractivity contribution is 6.03. The molecule has 2 aromatic carbocycles. The van der Waals surface area contributed by atoms with Crippen molar-refractivity contribution in [1.82, 2.24) is 0 Å². The number of carbonyl (C=O) groups is 2. The molecule has 1 aliphatic rings. The first-order valence-corrected chi connectivity index (χ1v) is 7.92. The maximum atomic E-state index is 14.1. The van der Waals surface area contributed by atoms with Gasteiger partial charge in [-0.1, -0.05) is 18.2 Å². The van der Waals surface area contributed by atoms with Crippen LogP contribution in [0.4, 0.5) is 10.1 Å². The average molecular weight is 343 g/mol. The van der Waals surface area contributed by atoms with Crippen molar-refractivity contribution in [2.75, 3.05) is 18.6 Å². The van der Waals surface area contributed by atoms with E-state index < -0.39 is 18.0 Å². The summed E-state index contributed by atoms with van der Waals surface area (Å²) < 4.78 is 19.2. The molecule has 1 aliphatic carbocycles. The second kappa shape index (κ2) is 6.55. The summed E-state index contributed by atoms with van der Waals surface area (Å²) in [5.41, 5.74) is 0.280. The Balaban J connectivity index is 1.77. The molecule has 5 nitrogen and oxygen atoms in total. The van der Waals surface area contributed by atoms with Crippen LogP contribution in [0.15, 0.2) is 48.5 Å². The zero-order valence-electron chi connectivity index (χ0n) is 13.7. The molecule has 0 spiro atoms. The largest absolute Gasteiger partial charge is 0.482 e. The number of benzene rings is 2. The van der Waals surface area contributed by atoms with Crippen molar-refractivity contribution in [1.29, 1.82) is 0 Å². The Bertz CT molecular complexity index is 799. The van der Waals surface area contributed by atoms with Crippen molar-refractivity contribution in [3.05, 3.63) is 59.9 Å². The van der Waals surface area contributed by atoms with Crippen molar-refractivity contribution in [2.24, 2.45) is 0 Å². The molecule has 0 aliphatic heterocycles. The minimum atomic E-state index is -1.06. The van der Waals surface area contributed by atoms with Crippen LogP contribution in [0.25, 0.3) is 0 Å². The molecule has 1 saturated carbocycles. The normalized spacial score (nSPS) is 14.6. The predicted molar refractivity (Wildman–Crippen MR) is 90.3 cm³/mol. The molecule has 0 aromatic heterocycles. The highest BCUT2D eigenvalue weighted by atomic mass is 19.1. The lowest BCUT2D eigenvalue weighted by Crippen LogP contribution is -2.37. The smallest absolute Gasteiger partial charge is 0.341 e. The number of hydrogen-bond donors (Lipinski definition) is 1. The third kappa shape index (κ3) is 3.33. The molecule has 0 radical (unpaired) electrons. The van der Waals surface area contributed by atoms with E-state index in [1.165, 1.54) is 11.0 Å². The Morgan fingerprint density at radius 3 is 2.36 bits per heavy atom. The number of carbonyl (C=O) groups excluding carboxylic acids is 1. The molecule has 6 heteroatoms. The fourth-order valence-electron chi connectivity index (χ4n) is 2.92. The second-order valence-corrected chi connectivity index (χ2v) is 6.10. The van der Waals surface area contributed by atoms with Gasteiger partial charge in [0.1, 0.15) is 11.6 Å². The average Bonchev–Trinajstić information content (AvgIpc) is 3.41. The van der Waals surface area contributed by atoms with Crippen LogP contribution in [-0.2, 0) is 15.0 Å². The Labute approximate surface area is 144 Å². The minimum Gasteiger partial charge on any atom is -0.482 e. The van der Waals surface area contributed by atoms with Crippen molar-refractivity contribution >= 4 is 17.6 Å². The van der Waals surface area contributed by atoms with Gasteiger partial charge in [-0.05, 0) is 43.2 Å². The van der Waals surface area contributed by atoms with Crippen LogP contribution in [-0.4, -0.2) is 30.6 Å². The number of hydrogen-bond acceptors (Lipinski definition) is 3. The van der Waals surface area contributed by atoms with Gasteiger partial charge in [-0.3, -0.25) is 4.79 Å². The number of aliphatic carboxylic acids is 1.